The van der Waals surface area contributed by atoms with Gasteiger partial charge >= 0.3 is 0 Å². The molecule has 1 amide bonds. The first-order chi connectivity index (χ1) is 8.77. The number of carbonyl (C=O) groups excluding carboxylic acids is 1. The first-order valence-corrected chi connectivity index (χ1v) is 5.75. The Bertz CT molecular complexity index is 593. The van der Waals surface area contributed by atoms with Gasteiger partial charge in [0.2, 0.25) is 11.5 Å². The second-order valence-corrected chi connectivity index (χ2v) is 4.19. The molecule has 2 aromatic rings. The Hall–Kier alpha value is -2.37. The van der Waals surface area contributed by atoms with Gasteiger partial charge in [-0.2, -0.15) is 0 Å². The van der Waals surface area contributed by atoms with Crippen LogP contribution in [0.2, 0.25) is 0 Å². The van der Waals surface area contributed by atoms with Crippen molar-refractivity contribution in [2.24, 2.45) is 0 Å². The normalized spacial score (nSPS) is 14.3. The van der Waals surface area contributed by atoms with Crippen LogP contribution >= 0.6 is 0 Å². The molecule has 1 aliphatic heterocycles. The third kappa shape index (κ3) is 1.62. The highest BCUT2D eigenvalue weighted by atomic mass is 16.6. The lowest BCUT2D eigenvalue weighted by Gasteiger charge is -2.28. The minimum absolute atomic E-state index is 0.0306. The van der Waals surface area contributed by atoms with Gasteiger partial charge in [-0.25, -0.2) is 4.63 Å². The molecule has 0 atom stereocenters. The van der Waals surface area contributed by atoms with Crippen LogP contribution in [0.15, 0.2) is 28.9 Å². The zero-order chi connectivity index (χ0) is 12.5. The second-order valence-electron chi connectivity index (χ2n) is 4.19. The van der Waals surface area contributed by atoms with E-state index in [-0.39, 0.29) is 17.4 Å². The number of nitrogens with zero attached hydrogens (tertiary/aromatic N) is 3. The molecule has 0 spiro atoms. The number of carbonyl (C=O) groups is 1. The molecule has 1 aliphatic rings. The average molecular weight is 244 g/mol. The lowest BCUT2D eigenvalue weighted by Crippen LogP contribution is -2.36. The zero-order valence-corrected chi connectivity index (χ0v) is 9.67. The molecule has 18 heavy (non-hydrogen) atoms. The van der Waals surface area contributed by atoms with E-state index < -0.39 is 0 Å². The van der Waals surface area contributed by atoms with Crippen LogP contribution in [0.1, 0.15) is 22.5 Å². The maximum Gasteiger partial charge on any atom is 0.284 e. The van der Waals surface area contributed by atoms with Crippen molar-refractivity contribution in [1.29, 1.82) is 0 Å². The molecule has 0 bridgehead atoms. The summed E-state index contributed by atoms with van der Waals surface area (Å²) in [6.45, 7) is 0.655. The van der Waals surface area contributed by atoms with Crippen molar-refractivity contribution in [3.8, 4) is 0 Å². The predicted molar refractivity (Wildman–Crippen MR) is 65.1 cm³/mol. The molecular weight excluding hydrogens is 232 g/mol. The number of nitrogen functional groups attached to an aromatic ring is 1. The number of hydrogen-bond acceptors (Lipinski definition) is 5. The third-order valence-corrected chi connectivity index (χ3v) is 3.07. The van der Waals surface area contributed by atoms with E-state index in [9.17, 15) is 4.79 Å². The minimum atomic E-state index is -0.263. The van der Waals surface area contributed by atoms with Gasteiger partial charge in [-0.1, -0.05) is 18.2 Å². The van der Waals surface area contributed by atoms with Crippen LogP contribution < -0.4 is 10.6 Å². The average Bonchev–Trinajstić information content (AvgIpc) is 2.83. The van der Waals surface area contributed by atoms with Crippen LogP contribution in [0, 0.1) is 0 Å². The fourth-order valence-electron chi connectivity index (χ4n) is 2.22. The van der Waals surface area contributed by atoms with E-state index >= 15 is 0 Å². The van der Waals surface area contributed by atoms with Crippen molar-refractivity contribution in [2.45, 2.75) is 12.8 Å². The van der Waals surface area contributed by atoms with Crippen LogP contribution in [0.3, 0.4) is 0 Å². The van der Waals surface area contributed by atoms with Gasteiger partial charge in [0.05, 0.1) is 0 Å². The van der Waals surface area contributed by atoms with Crippen molar-refractivity contribution in [1.82, 2.24) is 10.3 Å². The fraction of sp³-hybridized carbons (Fsp3) is 0.250. The molecule has 0 aliphatic carbocycles. The first-order valence-electron chi connectivity index (χ1n) is 5.75. The summed E-state index contributed by atoms with van der Waals surface area (Å²) < 4.78 is 4.47. The minimum Gasteiger partial charge on any atom is -0.379 e. The number of aryl methyl sites for hydroxylation is 1. The van der Waals surface area contributed by atoms with Crippen LogP contribution in [0.25, 0.3) is 0 Å². The highest BCUT2D eigenvalue weighted by Gasteiger charge is 2.27. The van der Waals surface area contributed by atoms with Gasteiger partial charge < -0.3 is 10.6 Å². The number of aromatic nitrogens is 2. The van der Waals surface area contributed by atoms with Crippen LogP contribution in [0.5, 0.6) is 0 Å². The predicted octanol–water partition coefficient (Wildman–Crippen LogP) is 1.24. The van der Waals surface area contributed by atoms with E-state index in [2.05, 4.69) is 14.9 Å². The molecule has 0 unspecified atom stereocenters. The van der Waals surface area contributed by atoms with E-state index in [1.807, 2.05) is 24.3 Å². The standard InChI is InChI=1S/C12H12N4O2/c13-11-10(14-18-15-11)12(17)16-7-3-5-8-4-1-2-6-9(8)16/h1-2,4,6H,3,5,7H2,(H2,13,15). The molecule has 2 N–H and O–H groups in total. The van der Waals surface area contributed by atoms with Gasteiger partial charge in [-0.15, -0.1) is 0 Å². The van der Waals surface area contributed by atoms with Crippen LogP contribution in [-0.4, -0.2) is 22.8 Å². The van der Waals surface area contributed by atoms with Crippen molar-refractivity contribution in [3.05, 3.63) is 35.5 Å². The third-order valence-electron chi connectivity index (χ3n) is 3.07. The number of nitrogens with two attached hydrogens (primary N) is 1. The molecule has 6 heteroatoms. The molecule has 1 aromatic carbocycles. The number of amides is 1. The van der Waals surface area contributed by atoms with E-state index in [4.69, 9.17) is 5.73 Å². The summed E-state index contributed by atoms with van der Waals surface area (Å²) in [7, 11) is 0. The van der Waals surface area contributed by atoms with Crippen LogP contribution in [0.4, 0.5) is 11.5 Å². The SMILES string of the molecule is Nc1nonc1C(=O)N1CCCc2ccccc21. The lowest BCUT2D eigenvalue weighted by atomic mass is 10.0. The number of benzene rings is 1. The van der Waals surface area contributed by atoms with Gasteiger partial charge in [-0.3, -0.25) is 4.79 Å². The lowest BCUT2D eigenvalue weighted by molar-refractivity contribution is 0.0976. The number of fused-ring (bicyclic) bond motifs is 1. The molecule has 0 saturated heterocycles. The van der Waals surface area contributed by atoms with Crippen molar-refractivity contribution >= 4 is 17.4 Å². The molecular formula is C12H12N4O2. The summed E-state index contributed by atoms with van der Waals surface area (Å²) in [6, 6.07) is 7.84. The van der Waals surface area contributed by atoms with Crippen molar-refractivity contribution < 1.29 is 9.42 Å². The number of rotatable bonds is 1. The summed E-state index contributed by atoms with van der Waals surface area (Å²) in [5, 5.41) is 6.99. The van der Waals surface area contributed by atoms with E-state index in [0.29, 0.717) is 6.54 Å². The zero-order valence-electron chi connectivity index (χ0n) is 9.67. The van der Waals surface area contributed by atoms with E-state index in [0.717, 1.165) is 24.1 Å². The maximum absolute atomic E-state index is 12.3. The Kier molecular flexibility index (Phi) is 2.47. The topological polar surface area (TPSA) is 85.2 Å². The quantitative estimate of drug-likeness (QED) is 0.815. The highest BCUT2D eigenvalue weighted by molar-refractivity contribution is 6.07. The van der Waals surface area contributed by atoms with Gasteiger partial charge in [0.25, 0.3) is 5.91 Å². The molecule has 1 aromatic heterocycles. The van der Waals surface area contributed by atoms with E-state index in [1.54, 1.807) is 4.90 Å². The van der Waals surface area contributed by atoms with Crippen LogP contribution in [-0.2, 0) is 6.42 Å². The fourth-order valence-corrected chi connectivity index (χ4v) is 2.22. The number of anilines is 2. The summed E-state index contributed by atoms with van der Waals surface area (Å²) >= 11 is 0. The first kappa shape index (κ1) is 10.8. The molecule has 2 heterocycles. The Balaban J connectivity index is 2.00. The molecule has 6 nitrogen and oxygen atoms in total. The summed E-state index contributed by atoms with van der Waals surface area (Å²) in [5.74, 6) is -0.232. The largest absolute Gasteiger partial charge is 0.379 e. The van der Waals surface area contributed by atoms with Crippen molar-refractivity contribution in [2.75, 3.05) is 17.2 Å². The van der Waals surface area contributed by atoms with E-state index in [1.165, 1.54) is 0 Å². The molecule has 92 valence electrons. The Morgan fingerprint density at radius 3 is 2.94 bits per heavy atom. The Morgan fingerprint density at radius 2 is 2.17 bits per heavy atom. The second kappa shape index (κ2) is 4.14. The smallest absolute Gasteiger partial charge is 0.284 e. The summed E-state index contributed by atoms with van der Waals surface area (Å²) in [6.07, 6.45) is 1.90. The monoisotopic (exact) mass is 244 g/mol. The van der Waals surface area contributed by atoms with Gasteiger partial charge in [0.15, 0.2) is 0 Å². The maximum atomic E-state index is 12.3. The molecule has 0 fully saturated rings. The summed E-state index contributed by atoms with van der Waals surface area (Å²) in [4.78, 5) is 14.0. The molecule has 0 radical (unpaired) electrons. The Labute approximate surface area is 103 Å². The molecule has 3 rings (SSSR count). The highest BCUT2D eigenvalue weighted by Crippen LogP contribution is 2.28. The molecule has 0 saturated carbocycles. The van der Waals surface area contributed by atoms with Gasteiger partial charge in [0, 0.05) is 12.2 Å². The van der Waals surface area contributed by atoms with Gasteiger partial charge in [-0.05, 0) is 34.8 Å². The van der Waals surface area contributed by atoms with Gasteiger partial charge in [0.1, 0.15) is 0 Å². The Morgan fingerprint density at radius 1 is 1.33 bits per heavy atom. The van der Waals surface area contributed by atoms with Crippen molar-refractivity contribution in [3.63, 3.8) is 0 Å². The number of para-hydroxylation sites is 1. The number of hydrogen-bond donors (Lipinski definition) is 1. The summed E-state index contributed by atoms with van der Waals surface area (Å²) in [5.41, 5.74) is 7.70.